The minimum absolute atomic E-state index is 0.153. The van der Waals surface area contributed by atoms with Crippen LogP contribution in [-0.4, -0.2) is 20.3 Å². The predicted octanol–water partition coefficient (Wildman–Crippen LogP) is 4.72. The van der Waals surface area contributed by atoms with Crippen LogP contribution < -0.4 is 14.8 Å². The van der Waals surface area contributed by atoms with Gasteiger partial charge < -0.3 is 14.8 Å². The molecule has 0 amide bonds. The molecule has 0 saturated carbocycles. The van der Waals surface area contributed by atoms with E-state index < -0.39 is 0 Å². The summed E-state index contributed by atoms with van der Waals surface area (Å²) in [4.78, 5) is 0. The maximum absolute atomic E-state index is 13.6. The van der Waals surface area contributed by atoms with E-state index >= 15 is 0 Å². The Labute approximate surface area is 151 Å². The van der Waals surface area contributed by atoms with E-state index in [1.165, 1.54) is 6.07 Å². The van der Waals surface area contributed by atoms with Crippen molar-refractivity contribution in [1.29, 1.82) is 0 Å². The fraction of sp³-hybridized carbons (Fsp3) is 0.368. The molecule has 0 spiro atoms. The molecule has 0 aliphatic rings. The summed E-state index contributed by atoms with van der Waals surface area (Å²) in [7, 11) is 1.64. The van der Waals surface area contributed by atoms with Crippen LogP contribution in [0.3, 0.4) is 0 Å². The molecule has 2 rings (SSSR count). The lowest BCUT2D eigenvalue weighted by Gasteiger charge is -2.14. The Kier molecular flexibility index (Phi) is 7.53. The SMILES string of the molecule is CCCOc1cc(Br)c(CNCCc2ccccc2F)cc1OC. The average molecular weight is 396 g/mol. The van der Waals surface area contributed by atoms with Gasteiger partial charge in [0.05, 0.1) is 13.7 Å². The summed E-state index contributed by atoms with van der Waals surface area (Å²) in [6, 6.07) is 10.8. The van der Waals surface area contributed by atoms with E-state index in [2.05, 4.69) is 28.2 Å². The zero-order valence-electron chi connectivity index (χ0n) is 14.1. The van der Waals surface area contributed by atoms with Crippen LogP contribution in [0.1, 0.15) is 24.5 Å². The van der Waals surface area contributed by atoms with Gasteiger partial charge in [-0.05, 0) is 48.7 Å². The Bertz CT molecular complexity index is 664. The van der Waals surface area contributed by atoms with Crippen molar-refractivity contribution in [2.75, 3.05) is 20.3 Å². The highest BCUT2D eigenvalue weighted by Crippen LogP contribution is 2.33. The molecule has 5 heteroatoms. The molecule has 0 fully saturated rings. The second-order valence-electron chi connectivity index (χ2n) is 5.46. The lowest BCUT2D eigenvalue weighted by molar-refractivity contribution is 0.294. The van der Waals surface area contributed by atoms with Crippen molar-refractivity contribution < 1.29 is 13.9 Å². The largest absolute Gasteiger partial charge is 0.493 e. The van der Waals surface area contributed by atoms with Crippen LogP contribution in [0.2, 0.25) is 0 Å². The van der Waals surface area contributed by atoms with Crippen molar-refractivity contribution in [1.82, 2.24) is 5.32 Å². The van der Waals surface area contributed by atoms with Gasteiger partial charge in [0, 0.05) is 11.0 Å². The van der Waals surface area contributed by atoms with Crippen molar-refractivity contribution in [3.05, 3.63) is 57.8 Å². The Hall–Kier alpha value is -1.59. The highest BCUT2D eigenvalue weighted by Gasteiger charge is 2.10. The van der Waals surface area contributed by atoms with Gasteiger partial charge in [0.2, 0.25) is 0 Å². The number of hydrogen-bond donors (Lipinski definition) is 1. The number of benzene rings is 2. The molecule has 0 bridgehead atoms. The van der Waals surface area contributed by atoms with Crippen LogP contribution in [-0.2, 0) is 13.0 Å². The first-order chi connectivity index (χ1) is 11.7. The van der Waals surface area contributed by atoms with Gasteiger partial charge in [-0.15, -0.1) is 0 Å². The third-order valence-electron chi connectivity index (χ3n) is 3.64. The van der Waals surface area contributed by atoms with Gasteiger partial charge in [0.15, 0.2) is 11.5 Å². The van der Waals surface area contributed by atoms with Crippen LogP contribution in [0.25, 0.3) is 0 Å². The molecule has 0 aliphatic heterocycles. The van der Waals surface area contributed by atoms with Gasteiger partial charge >= 0.3 is 0 Å². The van der Waals surface area contributed by atoms with E-state index in [1.807, 2.05) is 24.3 Å². The first-order valence-corrected chi connectivity index (χ1v) is 8.88. The molecule has 3 nitrogen and oxygen atoms in total. The van der Waals surface area contributed by atoms with Gasteiger partial charge in [-0.3, -0.25) is 0 Å². The second-order valence-corrected chi connectivity index (χ2v) is 6.32. The van der Waals surface area contributed by atoms with E-state index in [-0.39, 0.29) is 5.82 Å². The molecular weight excluding hydrogens is 373 g/mol. The lowest BCUT2D eigenvalue weighted by Crippen LogP contribution is -2.17. The van der Waals surface area contributed by atoms with Crippen molar-refractivity contribution in [3.63, 3.8) is 0 Å². The van der Waals surface area contributed by atoms with Gasteiger partial charge in [-0.1, -0.05) is 41.1 Å². The lowest BCUT2D eigenvalue weighted by atomic mass is 10.1. The number of ether oxygens (including phenoxy) is 2. The molecule has 0 atom stereocenters. The molecule has 0 aliphatic carbocycles. The molecule has 0 radical (unpaired) electrons. The third kappa shape index (κ3) is 5.21. The van der Waals surface area contributed by atoms with Crippen molar-refractivity contribution in [2.45, 2.75) is 26.3 Å². The summed E-state index contributed by atoms with van der Waals surface area (Å²) >= 11 is 3.58. The number of nitrogens with one attached hydrogen (secondary N) is 1. The van der Waals surface area contributed by atoms with Crippen LogP contribution in [0, 0.1) is 5.82 Å². The second kappa shape index (κ2) is 9.64. The zero-order chi connectivity index (χ0) is 17.4. The third-order valence-corrected chi connectivity index (χ3v) is 4.38. The molecule has 1 N–H and O–H groups in total. The summed E-state index contributed by atoms with van der Waals surface area (Å²) in [6.07, 6.45) is 1.60. The molecule has 24 heavy (non-hydrogen) atoms. The number of methoxy groups -OCH3 is 1. The number of halogens is 2. The molecule has 2 aromatic rings. The predicted molar refractivity (Wildman–Crippen MR) is 98.3 cm³/mol. The standard InChI is InChI=1S/C19H23BrFNO2/c1-3-10-24-19-12-16(20)15(11-18(19)23-2)13-22-9-8-14-6-4-5-7-17(14)21/h4-7,11-12,22H,3,8-10,13H2,1-2H3. The number of hydrogen-bond acceptors (Lipinski definition) is 3. The quantitative estimate of drug-likeness (QED) is 0.623. The van der Waals surface area contributed by atoms with E-state index in [0.717, 1.165) is 33.5 Å². The highest BCUT2D eigenvalue weighted by atomic mass is 79.9. The fourth-order valence-electron chi connectivity index (χ4n) is 2.34. The summed E-state index contributed by atoms with van der Waals surface area (Å²) in [5.74, 6) is 1.30. The first-order valence-electron chi connectivity index (χ1n) is 8.09. The fourth-order valence-corrected chi connectivity index (χ4v) is 2.81. The van der Waals surface area contributed by atoms with Gasteiger partial charge in [-0.25, -0.2) is 4.39 Å². The molecule has 0 saturated heterocycles. The Balaban J connectivity index is 1.93. The molecular formula is C19H23BrFNO2. The zero-order valence-corrected chi connectivity index (χ0v) is 15.7. The van der Waals surface area contributed by atoms with Gasteiger partial charge in [-0.2, -0.15) is 0 Å². The number of rotatable bonds is 9. The normalized spacial score (nSPS) is 10.7. The molecule has 0 unspecified atom stereocenters. The van der Waals surface area contributed by atoms with E-state index in [1.54, 1.807) is 13.2 Å². The summed E-state index contributed by atoms with van der Waals surface area (Å²) in [5.41, 5.74) is 1.80. The van der Waals surface area contributed by atoms with Crippen LogP contribution >= 0.6 is 15.9 Å². The minimum Gasteiger partial charge on any atom is -0.493 e. The summed E-state index contributed by atoms with van der Waals surface area (Å²) in [6.45, 7) is 4.08. The Morgan fingerprint density at radius 1 is 1.12 bits per heavy atom. The highest BCUT2D eigenvalue weighted by molar-refractivity contribution is 9.10. The molecule has 0 aromatic heterocycles. The van der Waals surface area contributed by atoms with Crippen molar-refractivity contribution >= 4 is 15.9 Å². The van der Waals surface area contributed by atoms with Crippen LogP contribution in [0.15, 0.2) is 40.9 Å². The van der Waals surface area contributed by atoms with Gasteiger partial charge in [0.1, 0.15) is 5.82 Å². The maximum Gasteiger partial charge on any atom is 0.162 e. The smallest absolute Gasteiger partial charge is 0.162 e. The first kappa shape index (κ1) is 18.7. The van der Waals surface area contributed by atoms with E-state index in [9.17, 15) is 4.39 Å². The van der Waals surface area contributed by atoms with Crippen LogP contribution in [0.5, 0.6) is 11.5 Å². The average Bonchev–Trinajstić information content (AvgIpc) is 2.59. The topological polar surface area (TPSA) is 30.5 Å². The van der Waals surface area contributed by atoms with E-state index in [4.69, 9.17) is 9.47 Å². The Morgan fingerprint density at radius 2 is 1.92 bits per heavy atom. The van der Waals surface area contributed by atoms with Crippen molar-refractivity contribution in [3.8, 4) is 11.5 Å². The monoisotopic (exact) mass is 395 g/mol. The Morgan fingerprint density at radius 3 is 2.62 bits per heavy atom. The maximum atomic E-state index is 13.6. The van der Waals surface area contributed by atoms with E-state index in [0.29, 0.717) is 26.1 Å². The minimum atomic E-state index is -0.153. The summed E-state index contributed by atoms with van der Waals surface area (Å²) < 4.78 is 25.6. The molecule has 0 heterocycles. The molecule has 2 aromatic carbocycles. The van der Waals surface area contributed by atoms with Crippen molar-refractivity contribution in [2.24, 2.45) is 0 Å². The van der Waals surface area contributed by atoms with Gasteiger partial charge in [0.25, 0.3) is 0 Å². The summed E-state index contributed by atoms with van der Waals surface area (Å²) in [5, 5.41) is 3.34. The van der Waals surface area contributed by atoms with Crippen LogP contribution in [0.4, 0.5) is 4.39 Å². The molecule has 130 valence electrons.